The lowest BCUT2D eigenvalue weighted by Gasteiger charge is -1.94. The van der Waals surface area contributed by atoms with E-state index in [-0.39, 0.29) is 0 Å². The van der Waals surface area contributed by atoms with E-state index in [1.165, 1.54) is 10.6 Å². The molecule has 2 rings (SSSR count). The Kier molecular flexibility index (Phi) is 1.67. The minimum Gasteiger partial charge on any atom is -0.408 e. The summed E-state index contributed by atoms with van der Waals surface area (Å²) < 4.78 is 6.25. The van der Waals surface area contributed by atoms with Crippen LogP contribution in [0.25, 0.3) is 11.1 Å². The van der Waals surface area contributed by atoms with Gasteiger partial charge in [0, 0.05) is 12.6 Å². The van der Waals surface area contributed by atoms with Gasteiger partial charge in [0.15, 0.2) is 5.58 Å². The van der Waals surface area contributed by atoms with Gasteiger partial charge in [-0.1, -0.05) is 0 Å². The van der Waals surface area contributed by atoms with Crippen LogP contribution in [0.2, 0.25) is 0 Å². The van der Waals surface area contributed by atoms with Crippen LogP contribution in [0.1, 0.15) is 10.4 Å². The fraction of sp³-hybridized carbons (Fsp3) is 0.111. The predicted octanol–water partition coefficient (Wildman–Crippen LogP) is 0.230. The number of nitrogens with zero attached hydrogens (tertiary/aromatic N) is 1. The Morgan fingerprint density at radius 1 is 1.50 bits per heavy atom. The maximum atomic E-state index is 11.1. The fourth-order valence-electron chi connectivity index (χ4n) is 1.29. The van der Waals surface area contributed by atoms with E-state index < -0.39 is 11.7 Å². The molecule has 0 saturated heterocycles. The average Bonchev–Trinajstić information content (AvgIpc) is 2.42. The van der Waals surface area contributed by atoms with Gasteiger partial charge in [-0.3, -0.25) is 9.36 Å². The molecule has 0 atom stereocenters. The molecule has 1 aromatic carbocycles. The molecule has 5 heteroatoms. The first kappa shape index (κ1) is 8.55. The number of primary amides is 1. The van der Waals surface area contributed by atoms with Crippen LogP contribution < -0.4 is 11.5 Å². The Morgan fingerprint density at radius 3 is 2.86 bits per heavy atom. The first-order valence-corrected chi connectivity index (χ1v) is 3.99. The van der Waals surface area contributed by atoms with Gasteiger partial charge >= 0.3 is 5.76 Å². The number of hydrogen-bond acceptors (Lipinski definition) is 3. The zero-order valence-electron chi connectivity index (χ0n) is 7.48. The third kappa shape index (κ3) is 1.10. The van der Waals surface area contributed by atoms with E-state index in [1.807, 2.05) is 0 Å². The number of aryl methyl sites for hydroxylation is 1. The van der Waals surface area contributed by atoms with Crippen molar-refractivity contribution in [2.45, 2.75) is 0 Å². The highest BCUT2D eigenvalue weighted by Gasteiger charge is 2.08. The minimum absolute atomic E-state index is 0.326. The van der Waals surface area contributed by atoms with Gasteiger partial charge in [0.25, 0.3) is 0 Å². The number of nitrogens with two attached hydrogens (primary N) is 1. The first-order valence-electron chi connectivity index (χ1n) is 3.99. The van der Waals surface area contributed by atoms with Gasteiger partial charge in [-0.25, -0.2) is 4.79 Å². The van der Waals surface area contributed by atoms with E-state index in [9.17, 15) is 9.59 Å². The zero-order valence-corrected chi connectivity index (χ0v) is 7.48. The lowest BCUT2D eigenvalue weighted by Crippen LogP contribution is -2.10. The number of amides is 1. The number of fused-ring (bicyclic) bond motifs is 1. The summed E-state index contributed by atoms with van der Waals surface area (Å²) in [6.07, 6.45) is 0. The highest BCUT2D eigenvalue weighted by atomic mass is 16.4. The van der Waals surface area contributed by atoms with E-state index in [1.54, 1.807) is 19.2 Å². The second kappa shape index (κ2) is 2.73. The zero-order chi connectivity index (χ0) is 10.3. The van der Waals surface area contributed by atoms with E-state index in [2.05, 4.69) is 0 Å². The lowest BCUT2D eigenvalue weighted by atomic mass is 10.2. The summed E-state index contributed by atoms with van der Waals surface area (Å²) in [5.74, 6) is -1.000. The smallest absolute Gasteiger partial charge is 0.408 e. The SMILES string of the molecule is Cn1c(=O)oc2cc(C(N)=O)ccc21. The minimum atomic E-state index is -0.543. The van der Waals surface area contributed by atoms with Crippen LogP contribution in [0.15, 0.2) is 27.4 Å². The van der Waals surface area contributed by atoms with Gasteiger partial charge < -0.3 is 10.2 Å². The molecule has 0 unspecified atom stereocenters. The summed E-state index contributed by atoms with van der Waals surface area (Å²) in [6.45, 7) is 0. The van der Waals surface area contributed by atoms with Crippen LogP contribution >= 0.6 is 0 Å². The maximum absolute atomic E-state index is 11.1. The molecule has 0 bridgehead atoms. The maximum Gasteiger partial charge on any atom is 0.419 e. The molecular weight excluding hydrogens is 184 g/mol. The van der Waals surface area contributed by atoms with Crippen molar-refractivity contribution in [3.8, 4) is 0 Å². The molecule has 0 radical (unpaired) electrons. The summed E-state index contributed by atoms with van der Waals surface area (Å²) in [5.41, 5.74) is 6.42. The molecule has 72 valence electrons. The van der Waals surface area contributed by atoms with Crippen LogP contribution in [0.4, 0.5) is 0 Å². The molecule has 0 aliphatic carbocycles. The van der Waals surface area contributed by atoms with Crippen molar-refractivity contribution in [2.24, 2.45) is 12.8 Å². The molecule has 5 nitrogen and oxygen atoms in total. The molecule has 14 heavy (non-hydrogen) atoms. The first-order chi connectivity index (χ1) is 6.59. The molecule has 2 aromatic rings. The lowest BCUT2D eigenvalue weighted by molar-refractivity contribution is 0.100. The summed E-state index contributed by atoms with van der Waals surface area (Å²) in [6, 6.07) is 4.64. The van der Waals surface area contributed by atoms with Crippen molar-refractivity contribution in [3.05, 3.63) is 34.3 Å². The third-order valence-corrected chi connectivity index (χ3v) is 2.08. The fourth-order valence-corrected chi connectivity index (χ4v) is 1.29. The van der Waals surface area contributed by atoms with Gasteiger partial charge in [0.2, 0.25) is 5.91 Å². The van der Waals surface area contributed by atoms with Crippen LogP contribution in [-0.2, 0) is 7.05 Å². The summed E-state index contributed by atoms with van der Waals surface area (Å²) in [7, 11) is 1.60. The van der Waals surface area contributed by atoms with Crippen molar-refractivity contribution in [3.63, 3.8) is 0 Å². The molecule has 0 fully saturated rings. The van der Waals surface area contributed by atoms with E-state index in [4.69, 9.17) is 10.2 Å². The topological polar surface area (TPSA) is 78.2 Å². The van der Waals surface area contributed by atoms with Crippen LogP contribution in [-0.4, -0.2) is 10.5 Å². The van der Waals surface area contributed by atoms with Crippen molar-refractivity contribution in [1.82, 2.24) is 4.57 Å². The van der Waals surface area contributed by atoms with E-state index in [0.29, 0.717) is 16.7 Å². The number of carbonyl (C=O) groups is 1. The van der Waals surface area contributed by atoms with Crippen molar-refractivity contribution >= 4 is 17.0 Å². The quantitative estimate of drug-likeness (QED) is 0.702. The van der Waals surface area contributed by atoms with E-state index >= 15 is 0 Å². The second-order valence-corrected chi connectivity index (χ2v) is 2.97. The Hall–Kier alpha value is -2.04. The van der Waals surface area contributed by atoms with Crippen molar-refractivity contribution in [1.29, 1.82) is 0 Å². The molecule has 0 spiro atoms. The number of oxazole rings is 1. The average molecular weight is 192 g/mol. The van der Waals surface area contributed by atoms with Gasteiger partial charge in [-0.15, -0.1) is 0 Å². The van der Waals surface area contributed by atoms with Gasteiger partial charge in [0.1, 0.15) is 0 Å². The molecule has 0 aliphatic heterocycles. The number of rotatable bonds is 1. The second-order valence-electron chi connectivity index (χ2n) is 2.97. The third-order valence-electron chi connectivity index (χ3n) is 2.08. The summed E-state index contributed by atoms with van der Waals surface area (Å²) >= 11 is 0. The monoisotopic (exact) mass is 192 g/mol. The number of carbonyl (C=O) groups excluding carboxylic acids is 1. The predicted molar refractivity (Wildman–Crippen MR) is 50.0 cm³/mol. The normalized spacial score (nSPS) is 10.6. The van der Waals surface area contributed by atoms with Crippen LogP contribution in [0, 0.1) is 0 Å². The summed E-state index contributed by atoms with van der Waals surface area (Å²) in [4.78, 5) is 21.9. The standard InChI is InChI=1S/C9H8N2O3/c1-11-6-3-2-5(8(10)12)4-7(6)14-9(11)13/h2-4H,1H3,(H2,10,12). The largest absolute Gasteiger partial charge is 0.419 e. The summed E-state index contributed by atoms with van der Waals surface area (Å²) in [5, 5.41) is 0. The Labute approximate surface area is 78.7 Å². The molecular formula is C9H8N2O3. The Balaban J connectivity index is 2.80. The van der Waals surface area contributed by atoms with Gasteiger partial charge in [-0.05, 0) is 18.2 Å². The Morgan fingerprint density at radius 2 is 2.21 bits per heavy atom. The van der Waals surface area contributed by atoms with E-state index in [0.717, 1.165) is 0 Å². The number of benzene rings is 1. The number of aromatic nitrogens is 1. The van der Waals surface area contributed by atoms with Gasteiger partial charge in [-0.2, -0.15) is 0 Å². The number of hydrogen-bond donors (Lipinski definition) is 1. The van der Waals surface area contributed by atoms with Crippen molar-refractivity contribution < 1.29 is 9.21 Å². The van der Waals surface area contributed by atoms with Gasteiger partial charge in [0.05, 0.1) is 5.52 Å². The van der Waals surface area contributed by atoms with Crippen molar-refractivity contribution in [2.75, 3.05) is 0 Å². The molecule has 1 heterocycles. The molecule has 2 N–H and O–H groups in total. The molecule has 1 amide bonds. The highest BCUT2D eigenvalue weighted by molar-refractivity contribution is 5.95. The molecule has 0 aliphatic rings. The Bertz CT molecular complexity index is 565. The van der Waals surface area contributed by atoms with Crippen LogP contribution in [0.3, 0.4) is 0 Å². The van der Waals surface area contributed by atoms with Crippen LogP contribution in [0.5, 0.6) is 0 Å². The highest BCUT2D eigenvalue weighted by Crippen LogP contribution is 2.13. The molecule has 0 saturated carbocycles. The molecule has 1 aromatic heterocycles.